The van der Waals surface area contributed by atoms with Crippen molar-refractivity contribution in [3.05, 3.63) is 105 Å². The van der Waals surface area contributed by atoms with Crippen LogP contribution in [0, 0.1) is 0 Å². The molecule has 0 aliphatic heterocycles. The molecule has 0 N–H and O–H groups in total. The van der Waals surface area contributed by atoms with E-state index in [1.165, 1.54) is 0 Å². The van der Waals surface area contributed by atoms with Crippen LogP contribution in [-0.4, -0.2) is 0 Å². The third kappa shape index (κ3) is 5.93. The van der Waals surface area contributed by atoms with Gasteiger partial charge in [-0.15, -0.1) is 0 Å². The Morgan fingerprint density at radius 2 is 0.844 bits per heavy atom. The lowest BCUT2D eigenvalue weighted by molar-refractivity contribution is 0.482. The van der Waals surface area contributed by atoms with Gasteiger partial charge in [0.1, 0.15) is 23.0 Å². The summed E-state index contributed by atoms with van der Waals surface area (Å²) in [6.07, 6.45) is 0. The predicted octanol–water partition coefficient (Wildman–Crippen LogP) is 10.3. The number of hydrogen-bond acceptors (Lipinski definition) is 4. The zero-order valence-corrected chi connectivity index (χ0v) is 19.3. The SMILES string of the molecule is Clc1ccc(Oc2ccc(N=Nc3ccc(Oc4ccc(Cl)cc4Cl)cc3)cc2)c(Cl)c1. The number of ether oxygens (including phenoxy) is 2. The van der Waals surface area contributed by atoms with Gasteiger partial charge in [-0.25, -0.2) is 0 Å². The van der Waals surface area contributed by atoms with Crippen molar-refractivity contribution in [2.24, 2.45) is 10.2 Å². The van der Waals surface area contributed by atoms with Crippen LogP contribution in [0.3, 0.4) is 0 Å². The molecule has 0 aliphatic rings. The van der Waals surface area contributed by atoms with Crippen LogP contribution in [0.2, 0.25) is 20.1 Å². The van der Waals surface area contributed by atoms with Crippen LogP contribution in [0.4, 0.5) is 11.4 Å². The summed E-state index contributed by atoms with van der Waals surface area (Å²) in [6.45, 7) is 0. The summed E-state index contributed by atoms with van der Waals surface area (Å²) in [5, 5.41) is 10.5. The second kappa shape index (κ2) is 10.2. The van der Waals surface area contributed by atoms with Crippen molar-refractivity contribution < 1.29 is 9.47 Å². The second-order valence-electron chi connectivity index (χ2n) is 6.54. The quantitative estimate of drug-likeness (QED) is 0.245. The van der Waals surface area contributed by atoms with Crippen molar-refractivity contribution in [3.8, 4) is 23.0 Å². The number of hydrogen-bond donors (Lipinski definition) is 0. The van der Waals surface area contributed by atoms with Crippen molar-refractivity contribution in [2.75, 3.05) is 0 Å². The molecule has 0 aromatic heterocycles. The molecule has 4 aromatic rings. The Kier molecular flexibility index (Phi) is 7.18. The first-order valence-corrected chi connectivity index (χ1v) is 10.9. The molecule has 0 unspecified atom stereocenters. The maximum atomic E-state index is 6.13. The van der Waals surface area contributed by atoms with Crippen LogP contribution in [-0.2, 0) is 0 Å². The zero-order chi connectivity index (χ0) is 22.5. The third-order valence-corrected chi connectivity index (χ3v) is 5.26. The van der Waals surface area contributed by atoms with Gasteiger partial charge < -0.3 is 9.47 Å². The summed E-state index contributed by atoms with van der Waals surface area (Å²) in [5.41, 5.74) is 1.35. The van der Waals surface area contributed by atoms with Crippen LogP contribution >= 0.6 is 46.4 Å². The average Bonchev–Trinajstić information content (AvgIpc) is 2.78. The normalized spacial score (nSPS) is 11.0. The van der Waals surface area contributed by atoms with Crippen molar-refractivity contribution in [3.63, 3.8) is 0 Å². The van der Waals surface area contributed by atoms with Crippen LogP contribution < -0.4 is 9.47 Å². The van der Waals surface area contributed by atoms with Gasteiger partial charge >= 0.3 is 0 Å². The molecule has 8 heteroatoms. The van der Waals surface area contributed by atoms with Crippen LogP contribution in [0.15, 0.2) is 95.2 Å². The number of halogens is 4. The van der Waals surface area contributed by atoms with E-state index in [4.69, 9.17) is 55.9 Å². The molecule has 0 spiro atoms. The standard InChI is InChI=1S/C24H14Cl4N2O2/c25-15-1-11-23(21(27)13-15)31-19-7-3-17(4-8-19)29-30-18-5-9-20(10-6-18)32-24-12-2-16(26)14-22(24)28/h1-14H. The lowest BCUT2D eigenvalue weighted by atomic mass is 10.3. The molecule has 4 aromatic carbocycles. The van der Waals surface area contributed by atoms with Gasteiger partial charge in [0.15, 0.2) is 0 Å². The fourth-order valence-electron chi connectivity index (χ4n) is 2.65. The Bertz CT molecular complexity index is 1160. The average molecular weight is 504 g/mol. The second-order valence-corrected chi connectivity index (χ2v) is 8.23. The van der Waals surface area contributed by atoms with Crippen LogP contribution in [0.1, 0.15) is 0 Å². The Morgan fingerprint density at radius 1 is 0.469 bits per heavy atom. The van der Waals surface area contributed by atoms with E-state index in [1.54, 1.807) is 84.9 Å². The molecule has 0 heterocycles. The molecule has 0 saturated carbocycles. The van der Waals surface area contributed by atoms with Gasteiger partial charge in [0.25, 0.3) is 0 Å². The van der Waals surface area contributed by atoms with Gasteiger partial charge in [-0.2, -0.15) is 10.2 Å². The predicted molar refractivity (Wildman–Crippen MR) is 130 cm³/mol. The van der Waals surface area contributed by atoms with Gasteiger partial charge in [-0.1, -0.05) is 46.4 Å². The summed E-state index contributed by atoms with van der Waals surface area (Å²) in [4.78, 5) is 0. The van der Waals surface area contributed by atoms with E-state index in [2.05, 4.69) is 10.2 Å². The Morgan fingerprint density at radius 3 is 1.19 bits per heavy atom. The summed E-state index contributed by atoms with van der Waals surface area (Å²) in [5.74, 6) is 2.28. The number of nitrogens with zero attached hydrogens (tertiary/aromatic N) is 2. The van der Waals surface area contributed by atoms with E-state index >= 15 is 0 Å². The van der Waals surface area contributed by atoms with Gasteiger partial charge in [0.05, 0.1) is 21.4 Å². The highest BCUT2D eigenvalue weighted by Crippen LogP contribution is 2.34. The highest BCUT2D eigenvalue weighted by molar-refractivity contribution is 6.36. The highest BCUT2D eigenvalue weighted by Gasteiger charge is 2.05. The molecule has 0 aliphatic carbocycles. The first-order chi connectivity index (χ1) is 15.5. The van der Waals surface area contributed by atoms with Gasteiger partial charge in [-0.3, -0.25) is 0 Å². The van der Waals surface area contributed by atoms with Gasteiger partial charge in [-0.05, 0) is 84.9 Å². The summed E-state index contributed by atoms with van der Waals surface area (Å²) in [7, 11) is 0. The molecule has 0 fully saturated rings. The topological polar surface area (TPSA) is 43.2 Å². The lowest BCUT2D eigenvalue weighted by Gasteiger charge is -2.08. The van der Waals surface area contributed by atoms with Crippen molar-refractivity contribution in [1.29, 1.82) is 0 Å². The molecule has 32 heavy (non-hydrogen) atoms. The highest BCUT2D eigenvalue weighted by atomic mass is 35.5. The molecular weight excluding hydrogens is 490 g/mol. The molecular formula is C24H14Cl4N2O2. The number of rotatable bonds is 6. The first kappa shape index (κ1) is 22.4. The van der Waals surface area contributed by atoms with Crippen molar-refractivity contribution in [1.82, 2.24) is 0 Å². The molecule has 4 rings (SSSR count). The molecule has 160 valence electrons. The third-order valence-electron chi connectivity index (χ3n) is 4.20. The van der Waals surface area contributed by atoms with E-state index in [1.807, 2.05) is 0 Å². The maximum absolute atomic E-state index is 6.13. The molecule has 0 bridgehead atoms. The summed E-state index contributed by atoms with van der Waals surface area (Å²) in [6, 6.07) is 24.4. The van der Waals surface area contributed by atoms with Crippen LogP contribution in [0.5, 0.6) is 23.0 Å². The van der Waals surface area contributed by atoms with E-state index in [-0.39, 0.29) is 0 Å². The van der Waals surface area contributed by atoms with E-state index in [0.29, 0.717) is 54.5 Å². The number of azo groups is 1. The largest absolute Gasteiger partial charge is 0.456 e. The summed E-state index contributed by atoms with van der Waals surface area (Å²) >= 11 is 24.1. The lowest BCUT2D eigenvalue weighted by Crippen LogP contribution is -1.85. The van der Waals surface area contributed by atoms with E-state index < -0.39 is 0 Å². The summed E-state index contributed by atoms with van der Waals surface area (Å²) < 4.78 is 11.5. The smallest absolute Gasteiger partial charge is 0.146 e. The van der Waals surface area contributed by atoms with Gasteiger partial charge in [0, 0.05) is 10.0 Å². The molecule has 0 radical (unpaired) electrons. The Labute approximate surface area is 204 Å². The molecule has 0 saturated heterocycles. The molecule has 0 atom stereocenters. The fourth-order valence-corrected chi connectivity index (χ4v) is 3.54. The van der Waals surface area contributed by atoms with Crippen molar-refractivity contribution in [2.45, 2.75) is 0 Å². The van der Waals surface area contributed by atoms with Crippen LogP contribution in [0.25, 0.3) is 0 Å². The maximum Gasteiger partial charge on any atom is 0.146 e. The molecule has 4 nitrogen and oxygen atoms in total. The zero-order valence-electron chi connectivity index (χ0n) is 16.3. The minimum atomic E-state index is 0.437. The van der Waals surface area contributed by atoms with E-state index in [9.17, 15) is 0 Å². The Balaban J connectivity index is 1.38. The fraction of sp³-hybridized carbons (Fsp3) is 0. The van der Waals surface area contributed by atoms with Gasteiger partial charge in [0.2, 0.25) is 0 Å². The van der Waals surface area contributed by atoms with E-state index in [0.717, 1.165) is 0 Å². The molecule has 0 amide bonds. The minimum absolute atomic E-state index is 0.437. The minimum Gasteiger partial charge on any atom is -0.456 e. The first-order valence-electron chi connectivity index (χ1n) is 9.34. The van der Waals surface area contributed by atoms with Crippen molar-refractivity contribution >= 4 is 57.8 Å². The Hall–Kier alpha value is -2.76. The monoisotopic (exact) mass is 502 g/mol. The number of benzene rings is 4.